The van der Waals surface area contributed by atoms with Gasteiger partial charge in [-0.15, -0.1) is 11.3 Å². The molecule has 3 rings (SSSR count). The number of rotatable bonds is 3. The van der Waals surface area contributed by atoms with Crippen LogP contribution in [-0.2, 0) is 18.5 Å². The number of thiazole rings is 1. The van der Waals surface area contributed by atoms with Gasteiger partial charge in [0, 0.05) is 24.4 Å². The van der Waals surface area contributed by atoms with Crippen molar-refractivity contribution in [3.05, 3.63) is 15.6 Å². The van der Waals surface area contributed by atoms with Crippen LogP contribution in [0.2, 0.25) is 0 Å². The maximum atomic E-state index is 6.72. The molecular formula is C16H27N3S. The Kier molecular flexibility index (Phi) is 4.43. The average Bonchev–Trinajstić information content (AvgIpc) is 2.75. The maximum absolute atomic E-state index is 6.72. The Morgan fingerprint density at radius 1 is 1.25 bits per heavy atom. The number of nitrogens with two attached hydrogens (primary N) is 1. The molecule has 2 N–H and O–H groups in total. The fourth-order valence-electron chi connectivity index (χ4n) is 3.54. The highest BCUT2D eigenvalue weighted by Crippen LogP contribution is 2.38. The summed E-state index contributed by atoms with van der Waals surface area (Å²) in [4.78, 5) is 8.99. The van der Waals surface area contributed by atoms with Gasteiger partial charge in [0.25, 0.3) is 0 Å². The SMILES string of the molecule is CCCN1CCc2nc(C3(N)CCCCCC3)sc2C1. The highest BCUT2D eigenvalue weighted by Gasteiger charge is 2.33. The van der Waals surface area contributed by atoms with Crippen molar-refractivity contribution in [2.24, 2.45) is 5.73 Å². The lowest BCUT2D eigenvalue weighted by Gasteiger charge is -2.25. The molecule has 1 saturated carbocycles. The molecule has 0 atom stereocenters. The van der Waals surface area contributed by atoms with Gasteiger partial charge in [0.15, 0.2) is 0 Å². The molecule has 4 heteroatoms. The second kappa shape index (κ2) is 6.12. The van der Waals surface area contributed by atoms with E-state index in [2.05, 4.69) is 11.8 Å². The van der Waals surface area contributed by atoms with Crippen molar-refractivity contribution in [3.8, 4) is 0 Å². The average molecular weight is 293 g/mol. The number of nitrogens with zero attached hydrogens (tertiary/aromatic N) is 2. The van der Waals surface area contributed by atoms with Gasteiger partial charge in [-0.2, -0.15) is 0 Å². The molecule has 0 aromatic carbocycles. The van der Waals surface area contributed by atoms with Gasteiger partial charge in [-0.05, 0) is 25.8 Å². The first-order valence-electron chi connectivity index (χ1n) is 8.21. The Morgan fingerprint density at radius 3 is 2.70 bits per heavy atom. The molecule has 1 fully saturated rings. The Hall–Kier alpha value is -0.450. The third-order valence-corrected chi connectivity index (χ3v) is 6.07. The van der Waals surface area contributed by atoms with Crippen LogP contribution in [0.5, 0.6) is 0 Å². The van der Waals surface area contributed by atoms with E-state index in [1.54, 1.807) is 0 Å². The molecule has 1 aromatic rings. The highest BCUT2D eigenvalue weighted by atomic mass is 32.1. The number of hydrogen-bond acceptors (Lipinski definition) is 4. The Balaban J connectivity index is 1.79. The monoisotopic (exact) mass is 293 g/mol. The first kappa shape index (κ1) is 14.5. The zero-order chi connectivity index (χ0) is 14.0. The molecule has 2 aliphatic rings. The summed E-state index contributed by atoms with van der Waals surface area (Å²) in [6, 6.07) is 0. The number of fused-ring (bicyclic) bond motifs is 1. The maximum Gasteiger partial charge on any atom is 0.113 e. The summed E-state index contributed by atoms with van der Waals surface area (Å²) in [5.41, 5.74) is 7.93. The van der Waals surface area contributed by atoms with Crippen LogP contribution in [0.25, 0.3) is 0 Å². The van der Waals surface area contributed by atoms with Crippen LogP contribution in [-0.4, -0.2) is 23.0 Å². The van der Waals surface area contributed by atoms with Crippen LogP contribution in [0.15, 0.2) is 0 Å². The van der Waals surface area contributed by atoms with E-state index in [-0.39, 0.29) is 5.54 Å². The predicted molar refractivity (Wildman–Crippen MR) is 85.0 cm³/mol. The predicted octanol–water partition coefficient (Wildman–Crippen LogP) is 3.42. The molecule has 1 aliphatic carbocycles. The van der Waals surface area contributed by atoms with Gasteiger partial charge in [-0.3, -0.25) is 4.90 Å². The second-order valence-electron chi connectivity index (χ2n) is 6.49. The summed E-state index contributed by atoms with van der Waals surface area (Å²) in [5.74, 6) is 0. The van der Waals surface area contributed by atoms with E-state index in [4.69, 9.17) is 10.7 Å². The third kappa shape index (κ3) is 2.92. The summed E-state index contributed by atoms with van der Waals surface area (Å²) in [6.45, 7) is 5.73. The topological polar surface area (TPSA) is 42.2 Å². The zero-order valence-corrected chi connectivity index (χ0v) is 13.5. The third-order valence-electron chi connectivity index (χ3n) is 4.77. The van der Waals surface area contributed by atoms with Crippen molar-refractivity contribution in [2.75, 3.05) is 13.1 Å². The summed E-state index contributed by atoms with van der Waals surface area (Å²) in [5, 5.41) is 1.22. The van der Waals surface area contributed by atoms with Crippen molar-refractivity contribution >= 4 is 11.3 Å². The lowest BCUT2D eigenvalue weighted by molar-refractivity contribution is 0.256. The largest absolute Gasteiger partial charge is 0.319 e. The molecule has 112 valence electrons. The number of hydrogen-bond donors (Lipinski definition) is 1. The number of aromatic nitrogens is 1. The van der Waals surface area contributed by atoms with Crippen LogP contribution in [0.3, 0.4) is 0 Å². The molecule has 20 heavy (non-hydrogen) atoms. The van der Waals surface area contributed by atoms with Gasteiger partial charge in [0.2, 0.25) is 0 Å². The van der Waals surface area contributed by atoms with Crippen LogP contribution in [0.1, 0.15) is 67.4 Å². The molecule has 1 aromatic heterocycles. The van der Waals surface area contributed by atoms with Crippen molar-refractivity contribution < 1.29 is 0 Å². The van der Waals surface area contributed by atoms with E-state index in [0.717, 1.165) is 25.8 Å². The zero-order valence-electron chi connectivity index (χ0n) is 12.7. The van der Waals surface area contributed by atoms with Crippen molar-refractivity contribution in [3.63, 3.8) is 0 Å². The standard InChI is InChI=1S/C16H27N3S/c1-2-10-19-11-7-13-14(12-19)20-15(18-13)16(17)8-5-3-4-6-9-16/h2-12,17H2,1H3. The minimum atomic E-state index is -0.131. The smallest absolute Gasteiger partial charge is 0.113 e. The Morgan fingerprint density at radius 2 is 2.00 bits per heavy atom. The fraction of sp³-hybridized carbons (Fsp3) is 0.812. The molecule has 2 heterocycles. The molecule has 0 amide bonds. The van der Waals surface area contributed by atoms with Crippen LogP contribution >= 0.6 is 11.3 Å². The molecule has 0 radical (unpaired) electrons. The van der Waals surface area contributed by atoms with Crippen LogP contribution in [0, 0.1) is 0 Å². The van der Waals surface area contributed by atoms with Gasteiger partial charge in [0.1, 0.15) is 5.01 Å². The van der Waals surface area contributed by atoms with E-state index in [9.17, 15) is 0 Å². The van der Waals surface area contributed by atoms with Crippen molar-refractivity contribution in [1.29, 1.82) is 0 Å². The Bertz CT molecular complexity index is 447. The molecule has 0 spiro atoms. The van der Waals surface area contributed by atoms with E-state index in [1.165, 1.54) is 60.8 Å². The summed E-state index contributed by atoms with van der Waals surface area (Å²) in [6.07, 6.45) is 9.81. The van der Waals surface area contributed by atoms with Crippen LogP contribution < -0.4 is 5.73 Å². The van der Waals surface area contributed by atoms with Crippen LogP contribution in [0.4, 0.5) is 0 Å². The lowest BCUT2D eigenvalue weighted by Crippen LogP contribution is -2.35. The van der Waals surface area contributed by atoms with Gasteiger partial charge < -0.3 is 5.73 Å². The minimum absolute atomic E-state index is 0.131. The van der Waals surface area contributed by atoms with Crippen molar-refractivity contribution in [2.45, 2.75) is 70.4 Å². The minimum Gasteiger partial charge on any atom is -0.319 e. The molecule has 0 saturated heterocycles. The molecule has 0 bridgehead atoms. The van der Waals surface area contributed by atoms with Gasteiger partial charge in [0.05, 0.1) is 11.2 Å². The Labute approximate surface area is 126 Å². The first-order chi connectivity index (χ1) is 9.71. The summed E-state index contributed by atoms with van der Waals surface area (Å²) < 4.78 is 0. The summed E-state index contributed by atoms with van der Waals surface area (Å²) >= 11 is 1.90. The van der Waals surface area contributed by atoms with Gasteiger partial charge in [-0.1, -0.05) is 32.6 Å². The molecule has 3 nitrogen and oxygen atoms in total. The van der Waals surface area contributed by atoms with Crippen molar-refractivity contribution in [1.82, 2.24) is 9.88 Å². The quantitative estimate of drug-likeness (QED) is 0.868. The van der Waals surface area contributed by atoms with E-state index in [1.807, 2.05) is 11.3 Å². The van der Waals surface area contributed by atoms with Gasteiger partial charge >= 0.3 is 0 Å². The van der Waals surface area contributed by atoms with Gasteiger partial charge in [-0.25, -0.2) is 4.98 Å². The summed E-state index contributed by atoms with van der Waals surface area (Å²) in [7, 11) is 0. The van der Waals surface area contributed by atoms with E-state index in [0.29, 0.717) is 0 Å². The molecule has 0 unspecified atom stereocenters. The second-order valence-corrected chi connectivity index (χ2v) is 7.57. The molecular weight excluding hydrogens is 266 g/mol. The highest BCUT2D eigenvalue weighted by molar-refractivity contribution is 7.11. The fourth-order valence-corrected chi connectivity index (χ4v) is 4.85. The van der Waals surface area contributed by atoms with E-state index >= 15 is 0 Å². The normalized spacial score (nSPS) is 23.3. The molecule has 1 aliphatic heterocycles. The lowest BCUT2D eigenvalue weighted by atomic mass is 9.92. The first-order valence-corrected chi connectivity index (χ1v) is 9.03. The van der Waals surface area contributed by atoms with E-state index < -0.39 is 0 Å².